The molecule has 4 atom stereocenters. The van der Waals surface area contributed by atoms with Crippen LogP contribution in [0.4, 0.5) is 4.39 Å². The highest BCUT2D eigenvalue weighted by atomic mass is 79.9. The van der Waals surface area contributed by atoms with Gasteiger partial charge in [-0.15, -0.1) is 0 Å². The van der Waals surface area contributed by atoms with Crippen LogP contribution < -0.4 is 0 Å². The maximum absolute atomic E-state index is 14.8. The van der Waals surface area contributed by atoms with Gasteiger partial charge in [-0.2, -0.15) is 15.8 Å². The van der Waals surface area contributed by atoms with Crippen molar-refractivity contribution in [1.82, 2.24) is 0 Å². The Morgan fingerprint density at radius 3 is 2.39 bits per heavy atom. The lowest BCUT2D eigenvalue weighted by atomic mass is 9.52. The molecule has 154 valence electrons. The molecule has 2 aliphatic rings. The summed E-state index contributed by atoms with van der Waals surface area (Å²) >= 11 is 3.28. The lowest BCUT2D eigenvalue weighted by molar-refractivity contribution is -0.273. The lowest BCUT2D eigenvalue weighted by Crippen LogP contribution is -2.59. The van der Waals surface area contributed by atoms with Gasteiger partial charge in [-0.3, -0.25) is 5.41 Å². The lowest BCUT2D eigenvalue weighted by Gasteiger charge is -2.48. The summed E-state index contributed by atoms with van der Waals surface area (Å²) in [5, 5.41) is 39.4. The van der Waals surface area contributed by atoms with Crippen LogP contribution in [0.5, 0.6) is 0 Å². The molecule has 2 saturated heterocycles. The van der Waals surface area contributed by atoms with E-state index in [4.69, 9.17) is 14.9 Å². The van der Waals surface area contributed by atoms with Crippen molar-refractivity contribution in [1.29, 1.82) is 21.2 Å². The predicted octanol–water partition coefficient (Wildman–Crippen LogP) is 4.79. The summed E-state index contributed by atoms with van der Waals surface area (Å²) in [4.78, 5) is 0. The fourth-order valence-corrected chi connectivity index (χ4v) is 5.11. The molecule has 0 amide bonds. The number of benzene rings is 2. The van der Waals surface area contributed by atoms with Crippen molar-refractivity contribution < 1.29 is 13.9 Å². The molecule has 2 heterocycles. The summed E-state index contributed by atoms with van der Waals surface area (Å²) in [5.41, 5.74) is -3.40. The standard InChI is InChI=1S/C23H16BrFN4O2/c1-21-18(9-14-5-3-2-4-6-14)23(13-28,20(29)31-21)22(11-26,12-27)19(30-21)16-10-15(24)7-8-17(16)25/h2-8,10,18-19,29H,9H2,1H3. The Balaban J connectivity index is 1.98. The van der Waals surface area contributed by atoms with Gasteiger partial charge in [-0.1, -0.05) is 46.3 Å². The molecule has 0 saturated carbocycles. The maximum atomic E-state index is 14.8. The monoisotopic (exact) mass is 478 g/mol. The summed E-state index contributed by atoms with van der Waals surface area (Å²) in [7, 11) is 0. The van der Waals surface area contributed by atoms with Crippen LogP contribution in [0.1, 0.15) is 24.2 Å². The fraction of sp³-hybridized carbons (Fsp3) is 0.304. The molecule has 2 aliphatic heterocycles. The number of nitriles is 3. The number of ether oxygens (including phenoxy) is 2. The molecule has 4 rings (SSSR count). The van der Waals surface area contributed by atoms with Crippen molar-refractivity contribution in [2.24, 2.45) is 16.7 Å². The molecule has 2 fully saturated rings. The molecule has 1 N–H and O–H groups in total. The number of rotatable bonds is 3. The van der Waals surface area contributed by atoms with E-state index in [2.05, 4.69) is 22.0 Å². The molecule has 6 nitrogen and oxygen atoms in total. The molecule has 0 aliphatic carbocycles. The van der Waals surface area contributed by atoms with E-state index >= 15 is 0 Å². The van der Waals surface area contributed by atoms with Gasteiger partial charge in [0, 0.05) is 17.0 Å². The first-order chi connectivity index (χ1) is 14.8. The molecule has 2 bridgehead atoms. The van der Waals surface area contributed by atoms with Crippen LogP contribution in [0.2, 0.25) is 0 Å². The van der Waals surface area contributed by atoms with Crippen LogP contribution in [-0.2, 0) is 15.9 Å². The van der Waals surface area contributed by atoms with Gasteiger partial charge in [0.05, 0.1) is 24.1 Å². The molecule has 4 unspecified atom stereocenters. The smallest absolute Gasteiger partial charge is 0.215 e. The predicted molar refractivity (Wildman–Crippen MR) is 110 cm³/mol. The maximum Gasteiger partial charge on any atom is 0.215 e. The molecule has 0 spiro atoms. The zero-order valence-corrected chi connectivity index (χ0v) is 18.0. The molecule has 2 aromatic carbocycles. The third-order valence-corrected chi connectivity index (χ3v) is 6.73. The number of nitrogens with zero attached hydrogens (tertiary/aromatic N) is 3. The molecule has 0 radical (unpaired) electrons. The van der Waals surface area contributed by atoms with E-state index in [1.807, 2.05) is 42.5 Å². The number of hydrogen-bond donors (Lipinski definition) is 1. The topological polar surface area (TPSA) is 114 Å². The third kappa shape index (κ3) is 2.71. The summed E-state index contributed by atoms with van der Waals surface area (Å²) < 4.78 is 27.2. The van der Waals surface area contributed by atoms with Gasteiger partial charge in [-0.05, 0) is 30.2 Å². The molecule has 8 heteroatoms. The van der Waals surface area contributed by atoms with Gasteiger partial charge in [-0.25, -0.2) is 4.39 Å². The van der Waals surface area contributed by atoms with E-state index in [-0.39, 0.29) is 12.0 Å². The van der Waals surface area contributed by atoms with Crippen molar-refractivity contribution in [3.05, 3.63) is 69.9 Å². The van der Waals surface area contributed by atoms with E-state index in [0.717, 1.165) is 5.56 Å². The minimum Gasteiger partial charge on any atom is -0.448 e. The van der Waals surface area contributed by atoms with Gasteiger partial charge in [0.25, 0.3) is 0 Å². The number of halogens is 2. The highest BCUT2D eigenvalue weighted by Crippen LogP contribution is 2.67. The number of nitrogens with one attached hydrogen (secondary N) is 1. The normalized spacial score (nSPS) is 30.5. The zero-order chi connectivity index (χ0) is 22.4. The van der Waals surface area contributed by atoms with E-state index < -0.39 is 40.4 Å². The zero-order valence-electron chi connectivity index (χ0n) is 16.4. The second kappa shape index (κ2) is 7.17. The minimum absolute atomic E-state index is 0.0558. The van der Waals surface area contributed by atoms with Crippen LogP contribution in [-0.4, -0.2) is 11.7 Å². The van der Waals surface area contributed by atoms with Gasteiger partial charge < -0.3 is 9.47 Å². The van der Waals surface area contributed by atoms with Gasteiger partial charge in [0.1, 0.15) is 11.9 Å². The summed E-state index contributed by atoms with van der Waals surface area (Å²) in [5.74, 6) is -3.56. The average Bonchev–Trinajstić information content (AvgIpc) is 2.92. The first-order valence-corrected chi connectivity index (χ1v) is 10.3. The van der Waals surface area contributed by atoms with Crippen LogP contribution in [0.15, 0.2) is 53.0 Å². The highest BCUT2D eigenvalue weighted by Gasteiger charge is 2.79. The van der Waals surface area contributed by atoms with E-state index in [1.54, 1.807) is 6.92 Å². The Labute approximate surface area is 187 Å². The number of fused-ring (bicyclic) bond motifs is 2. The van der Waals surface area contributed by atoms with Gasteiger partial charge in [0.15, 0.2) is 5.41 Å². The average molecular weight is 479 g/mol. The van der Waals surface area contributed by atoms with E-state index in [9.17, 15) is 20.2 Å². The van der Waals surface area contributed by atoms with Crippen molar-refractivity contribution in [3.8, 4) is 18.2 Å². The Kier molecular flexibility index (Phi) is 4.85. The molecular weight excluding hydrogens is 463 g/mol. The van der Waals surface area contributed by atoms with Crippen LogP contribution >= 0.6 is 15.9 Å². The fourth-order valence-electron chi connectivity index (χ4n) is 4.73. The molecule has 0 aromatic heterocycles. The SMILES string of the molecule is CC12OC(=N)C(C#N)(C1Cc1ccccc1)C(C#N)(C#N)C(c1cc(Br)ccc1F)O2. The van der Waals surface area contributed by atoms with E-state index in [0.29, 0.717) is 4.47 Å². The number of hydrogen-bond acceptors (Lipinski definition) is 6. The second-order valence-electron chi connectivity index (χ2n) is 7.80. The Morgan fingerprint density at radius 2 is 1.77 bits per heavy atom. The van der Waals surface area contributed by atoms with Crippen molar-refractivity contribution >= 4 is 21.8 Å². The second-order valence-corrected chi connectivity index (χ2v) is 8.72. The van der Waals surface area contributed by atoms with Gasteiger partial charge in [0.2, 0.25) is 17.1 Å². The Hall–Kier alpha value is -3.25. The Morgan fingerprint density at radius 1 is 1.10 bits per heavy atom. The minimum atomic E-state index is -2.21. The van der Waals surface area contributed by atoms with Crippen molar-refractivity contribution in [2.75, 3.05) is 0 Å². The van der Waals surface area contributed by atoms with E-state index in [1.165, 1.54) is 18.2 Å². The molecule has 2 aromatic rings. The van der Waals surface area contributed by atoms with Crippen LogP contribution in [0.25, 0.3) is 0 Å². The first-order valence-electron chi connectivity index (χ1n) is 9.46. The van der Waals surface area contributed by atoms with Crippen LogP contribution in [0, 0.1) is 62.0 Å². The summed E-state index contributed by atoms with van der Waals surface area (Å²) in [6.07, 6.45) is -1.22. The van der Waals surface area contributed by atoms with Gasteiger partial charge >= 0.3 is 0 Å². The highest BCUT2D eigenvalue weighted by molar-refractivity contribution is 9.10. The van der Waals surface area contributed by atoms with Crippen LogP contribution in [0.3, 0.4) is 0 Å². The summed E-state index contributed by atoms with van der Waals surface area (Å²) in [6, 6.07) is 19.2. The Bertz CT molecular complexity index is 1180. The largest absolute Gasteiger partial charge is 0.448 e. The molecular formula is C23H16BrFN4O2. The third-order valence-electron chi connectivity index (χ3n) is 6.24. The van der Waals surface area contributed by atoms with Crippen molar-refractivity contribution in [3.63, 3.8) is 0 Å². The van der Waals surface area contributed by atoms with Crippen molar-refractivity contribution in [2.45, 2.75) is 25.2 Å². The molecule has 31 heavy (non-hydrogen) atoms. The summed E-state index contributed by atoms with van der Waals surface area (Å²) in [6.45, 7) is 1.57. The quantitative estimate of drug-likeness (QED) is 0.681. The first kappa shape index (κ1) is 21.0.